The van der Waals surface area contributed by atoms with Crippen LogP contribution in [0.15, 0.2) is 42.6 Å². The maximum atomic E-state index is 12.8. The lowest BCUT2D eigenvalue weighted by Crippen LogP contribution is -2.16. The van der Waals surface area contributed by atoms with Gasteiger partial charge in [-0.05, 0) is 50.1 Å². The Labute approximate surface area is 146 Å². The standard InChI is InChI=1S/C19H22N4O2/c1-13-4-5-14(2)23(13)19-17(12-20-22(19)3)18(25)21-16-8-6-15(7-9-16)10-11-24/h4-9,12,24H,10-11H2,1-3H3,(H,21,25). The van der Waals surface area contributed by atoms with Gasteiger partial charge < -0.3 is 15.0 Å². The van der Waals surface area contributed by atoms with Gasteiger partial charge in [0.05, 0.1) is 6.20 Å². The third-order valence-corrected chi connectivity index (χ3v) is 4.25. The van der Waals surface area contributed by atoms with Crippen LogP contribution in [0, 0.1) is 13.8 Å². The summed E-state index contributed by atoms with van der Waals surface area (Å²) in [6, 6.07) is 11.5. The molecule has 0 aliphatic carbocycles. The van der Waals surface area contributed by atoms with Crippen LogP contribution in [-0.4, -0.2) is 32.0 Å². The molecule has 0 bridgehead atoms. The van der Waals surface area contributed by atoms with Crippen LogP contribution in [0.3, 0.4) is 0 Å². The summed E-state index contributed by atoms with van der Waals surface area (Å²) >= 11 is 0. The van der Waals surface area contributed by atoms with Gasteiger partial charge in [-0.1, -0.05) is 12.1 Å². The lowest BCUT2D eigenvalue weighted by molar-refractivity contribution is 0.102. The molecule has 0 spiro atoms. The predicted octanol–water partition coefficient (Wildman–Crippen LogP) is 2.61. The van der Waals surface area contributed by atoms with Crippen molar-refractivity contribution in [2.75, 3.05) is 11.9 Å². The zero-order chi connectivity index (χ0) is 18.0. The van der Waals surface area contributed by atoms with E-state index in [-0.39, 0.29) is 12.5 Å². The van der Waals surface area contributed by atoms with E-state index in [1.807, 2.05) is 61.9 Å². The van der Waals surface area contributed by atoms with Gasteiger partial charge >= 0.3 is 0 Å². The molecule has 0 saturated heterocycles. The smallest absolute Gasteiger partial charge is 0.261 e. The van der Waals surface area contributed by atoms with Gasteiger partial charge in [-0.2, -0.15) is 5.10 Å². The van der Waals surface area contributed by atoms with Gasteiger partial charge in [0.1, 0.15) is 11.4 Å². The van der Waals surface area contributed by atoms with Crippen molar-refractivity contribution in [1.29, 1.82) is 0 Å². The van der Waals surface area contributed by atoms with Gasteiger partial charge in [-0.15, -0.1) is 0 Å². The molecule has 0 unspecified atom stereocenters. The molecule has 1 aromatic carbocycles. The summed E-state index contributed by atoms with van der Waals surface area (Å²) in [5.41, 5.74) is 4.35. The van der Waals surface area contributed by atoms with Gasteiger partial charge in [0.2, 0.25) is 0 Å². The highest BCUT2D eigenvalue weighted by Crippen LogP contribution is 2.21. The second-order valence-corrected chi connectivity index (χ2v) is 6.08. The molecule has 3 rings (SSSR count). The summed E-state index contributed by atoms with van der Waals surface area (Å²) in [4.78, 5) is 12.8. The molecule has 2 heterocycles. The molecular weight excluding hydrogens is 316 g/mol. The van der Waals surface area contributed by atoms with E-state index in [1.165, 1.54) is 0 Å². The zero-order valence-corrected chi connectivity index (χ0v) is 14.7. The van der Waals surface area contributed by atoms with Crippen molar-refractivity contribution in [3.8, 4) is 5.82 Å². The monoisotopic (exact) mass is 338 g/mol. The van der Waals surface area contributed by atoms with Crippen LogP contribution in [-0.2, 0) is 13.5 Å². The Kier molecular flexibility index (Phi) is 4.72. The number of rotatable bonds is 5. The number of aliphatic hydroxyl groups is 1. The Morgan fingerprint density at radius 2 is 1.76 bits per heavy atom. The summed E-state index contributed by atoms with van der Waals surface area (Å²) in [5.74, 6) is 0.542. The third-order valence-electron chi connectivity index (χ3n) is 4.25. The molecule has 0 atom stereocenters. The molecule has 6 heteroatoms. The number of benzene rings is 1. The topological polar surface area (TPSA) is 72.1 Å². The quantitative estimate of drug-likeness (QED) is 0.751. The highest BCUT2D eigenvalue weighted by atomic mass is 16.3. The Balaban J connectivity index is 1.89. The first-order valence-corrected chi connectivity index (χ1v) is 8.19. The summed E-state index contributed by atoms with van der Waals surface area (Å²) in [6.07, 6.45) is 2.19. The number of nitrogens with zero attached hydrogens (tertiary/aromatic N) is 3. The number of nitrogens with one attached hydrogen (secondary N) is 1. The van der Waals surface area contributed by atoms with E-state index < -0.39 is 0 Å². The molecule has 0 fully saturated rings. The lowest BCUT2D eigenvalue weighted by Gasteiger charge is -2.12. The SMILES string of the molecule is Cc1ccc(C)n1-c1c(C(=O)Nc2ccc(CCO)cc2)cnn1C. The Bertz CT molecular complexity index is 871. The molecule has 0 aliphatic heterocycles. The average molecular weight is 338 g/mol. The fourth-order valence-corrected chi connectivity index (χ4v) is 2.94. The fourth-order valence-electron chi connectivity index (χ4n) is 2.94. The van der Waals surface area contributed by atoms with E-state index in [1.54, 1.807) is 10.9 Å². The van der Waals surface area contributed by atoms with E-state index in [9.17, 15) is 4.79 Å². The number of aryl methyl sites for hydroxylation is 3. The molecule has 2 aromatic heterocycles. The second-order valence-electron chi connectivity index (χ2n) is 6.08. The molecule has 25 heavy (non-hydrogen) atoms. The molecule has 0 radical (unpaired) electrons. The highest BCUT2D eigenvalue weighted by molar-refractivity contribution is 6.06. The largest absolute Gasteiger partial charge is 0.396 e. The minimum Gasteiger partial charge on any atom is -0.396 e. The number of carbonyl (C=O) groups is 1. The van der Waals surface area contributed by atoms with E-state index in [2.05, 4.69) is 10.4 Å². The summed E-state index contributed by atoms with van der Waals surface area (Å²) in [6.45, 7) is 4.11. The second kappa shape index (κ2) is 6.94. The van der Waals surface area contributed by atoms with Crippen LogP contribution >= 0.6 is 0 Å². The van der Waals surface area contributed by atoms with E-state index in [0.29, 0.717) is 17.7 Å². The molecule has 2 N–H and O–H groups in total. The average Bonchev–Trinajstić information content (AvgIpc) is 3.12. The number of aromatic nitrogens is 3. The Morgan fingerprint density at radius 3 is 2.36 bits per heavy atom. The van der Waals surface area contributed by atoms with Crippen molar-refractivity contribution >= 4 is 11.6 Å². The predicted molar refractivity (Wildman–Crippen MR) is 97.2 cm³/mol. The van der Waals surface area contributed by atoms with Gasteiger partial charge in [-0.3, -0.25) is 9.48 Å². The van der Waals surface area contributed by atoms with Crippen molar-refractivity contribution in [2.45, 2.75) is 20.3 Å². The van der Waals surface area contributed by atoms with Crippen molar-refractivity contribution in [3.05, 3.63) is 65.1 Å². The number of hydrogen-bond acceptors (Lipinski definition) is 3. The van der Waals surface area contributed by atoms with Crippen LogP contribution < -0.4 is 5.32 Å². The maximum Gasteiger partial charge on any atom is 0.261 e. The minimum absolute atomic E-state index is 0.111. The lowest BCUT2D eigenvalue weighted by atomic mass is 10.1. The highest BCUT2D eigenvalue weighted by Gasteiger charge is 2.19. The van der Waals surface area contributed by atoms with Crippen molar-refractivity contribution in [1.82, 2.24) is 14.3 Å². The van der Waals surface area contributed by atoms with Gasteiger partial charge in [0.25, 0.3) is 5.91 Å². The first kappa shape index (κ1) is 17.0. The minimum atomic E-state index is -0.203. The molecule has 6 nitrogen and oxygen atoms in total. The summed E-state index contributed by atoms with van der Waals surface area (Å²) < 4.78 is 3.73. The third kappa shape index (κ3) is 3.34. The van der Waals surface area contributed by atoms with Crippen molar-refractivity contribution < 1.29 is 9.90 Å². The maximum absolute atomic E-state index is 12.8. The number of hydrogen-bond donors (Lipinski definition) is 2. The zero-order valence-electron chi connectivity index (χ0n) is 14.7. The normalized spacial score (nSPS) is 10.9. The Hall–Kier alpha value is -2.86. The number of amides is 1. The van der Waals surface area contributed by atoms with Crippen molar-refractivity contribution in [3.63, 3.8) is 0 Å². The molecule has 0 saturated carbocycles. The first-order valence-electron chi connectivity index (χ1n) is 8.19. The van der Waals surface area contributed by atoms with Crippen LogP contribution in [0.4, 0.5) is 5.69 Å². The summed E-state index contributed by atoms with van der Waals surface area (Å²) in [7, 11) is 1.83. The van der Waals surface area contributed by atoms with E-state index in [4.69, 9.17) is 5.11 Å². The molecule has 3 aromatic rings. The van der Waals surface area contributed by atoms with Crippen LogP contribution in [0.2, 0.25) is 0 Å². The van der Waals surface area contributed by atoms with E-state index >= 15 is 0 Å². The van der Waals surface area contributed by atoms with Crippen LogP contribution in [0.1, 0.15) is 27.3 Å². The number of aliphatic hydroxyl groups excluding tert-OH is 1. The fraction of sp³-hybridized carbons (Fsp3) is 0.263. The molecular formula is C19H22N4O2. The Morgan fingerprint density at radius 1 is 1.12 bits per heavy atom. The van der Waals surface area contributed by atoms with Gasteiger partial charge in [0, 0.05) is 30.7 Å². The van der Waals surface area contributed by atoms with Crippen molar-refractivity contribution in [2.24, 2.45) is 7.05 Å². The first-order chi connectivity index (χ1) is 12.0. The van der Waals surface area contributed by atoms with E-state index in [0.717, 1.165) is 22.8 Å². The molecule has 1 amide bonds. The molecule has 130 valence electrons. The number of anilines is 1. The summed E-state index contributed by atoms with van der Waals surface area (Å²) in [5, 5.41) is 16.1. The molecule has 0 aliphatic rings. The van der Waals surface area contributed by atoms with Gasteiger partial charge in [0.15, 0.2) is 0 Å². The van der Waals surface area contributed by atoms with Crippen LogP contribution in [0.25, 0.3) is 5.82 Å². The number of carbonyl (C=O) groups excluding carboxylic acids is 1. The van der Waals surface area contributed by atoms with Gasteiger partial charge in [-0.25, -0.2) is 0 Å². The van der Waals surface area contributed by atoms with Crippen LogP contribution in [0.5, 0.6) is 0 Å².